The Labute approximate surface area is 118 Å². The highest BCUT2D eigenvalue weighted by Crippen LogP contribution is 2.27. The van der Waals surface area contributed by atoms with Crippen molar-refractivity contribution in [1.82, 2.24) is 9.80 Å². The summed E-state index contributed by atoms with van der Waals surface area (Å²) in [4.78, 5) is 5.30. The highest BCUT2D eigenvalue weighted by Gasteiger charge is 2.29. The lowest BCUT2D eigenvalue weighted by Crippen LogP contribution is -2.31. The Morgan fingerprint density at radius 3 is 2.50 bits per heavy atom. The molecule has 98 valence electrons. The zero-order valence-corrected chi connectivity index (χ0v) is 12.4. The minimum atomic E-state index is 0.928. The van der Waals surface area contributed by atoms with E-state index in [0.29, 0.717) is 0 Å². The number of rotatable bonds is 3. The minimum absolute atomic E-state index is 0.928. The molecule has 2 aliphatic rings. The summed E-state index contributed by atoms with van der Waals surface area (Å²) < 4.78 is 1.17. The molecule has 0 spiro atoms. The Morgan fingerprint density at radius 2 is 1.78 bits per heavy atom. The third-order valence-electron chi connectivity index (χ3n) is 4.01. The molecule has 1 heterocycles. The van der Waals surface area contributed by atoms with Gasteiger partial charge in [0.25, 0.3) is 0 Å². The maximum atomic E-state index is 3.49. The van der Waals surface area contributed by atoms with Gasteiger partial charge in [0, 0.05) is 30.1 Å². The predicted octanol–water partition coefficient (Wildman–Crippen LogP) is 3.12. The number of hydrogen-bond acceptors (Lipinski definition) is 2. The number of hydrogen-bond donors (Lipinski definition) is 0. The van der Waals surface area contributed by atoms with E-state index in [1.165, 1.54) is 55.5 Å². The van der Waals surface area contributed by atoms with E-state index in [9.17, 15) is 0 Å². The Bertz CT molecular complexity index is 386. The third kappa shape index (κ3) is 3.34. The maximum Gasteiger partial charge on any atom is 0.0234 e. The quantitative estimate of drug-likeness (QED) is 0.846. The van der Waals surface area contributed by atoms with Gasteiger partial charge < -0.3 is 0 Å². The fraction of sp³-hybridized carbons (Fsp3) is 0.600. The van der Waals surface area contributed by atoms with Crippen LogP contribution in [0.3, 0.4) is 0 Å². The fourth-order valence-electron chi connectivity index (χ4n) is 2.80. The van der Waals surface area contributed by atoms with Gasteiger partial charge in [-0.15, -0.1) is 0 Å². The van der Waals surface area contributed by atoms with Gasteiger partial charge >= 0.3 is 0 Å². The van der Waals surface area contributed by atoms with E-state index in [0.717, 1.165) is 12.6 Å². The third-order valence-corrected chi connectivity index (χ3v) is 4.53. The molecule has 3 rings (SSSR count). The molecule has 1 saturated heterocycles. The van der Waals surface area contributed by atoms with E-state index in [4.69, 9.17) is 0 Å². The first-order chi connectivity index (χ1) is 8.81. The van der Waals surface area contributed by atoms with Crippen LogP contribution in [0, 0.1) is 0 Å². The Morgan fingerprint density at radius 1 is 1.00 bits per heavy atom. The van der Waals surface area contributed by atoms with Gasteiger partial charge in [-0.2, -0.15) is 0 Å². The highest BCUT2D eigenvalue weighted by molar-refractivity contribution is 9.10. The molecule has 1 aliphatic heterocycles. The number of halogens is 1. The lowest BCUT2D eigenvalue weighted by atomic mass is 10.2. The molecule has 2 fully saturated rings. The van der Waals surface area contributed by atoms with Crippen molar-refractivity contribution in [2.45, 2.75) is 31.8 Å². The van der Waals surface area contributed by atoms with Gasteiger partial charge in [-0.25, -0.2) is 0 Å². The van der Waals surface area contributed by atoms with Crippen LogP contribution in [0.1, 0.15) is 24.8 Å². The molecule has 2 nitrogen and oxygen atoms in total. The molecule has 1 aromatic rings. The molecule has 0 unspecified atom stereocenters. The Kier molecular flexibility index (Phi) is 4.02. The average molecular weight is 309 g/mol. The van der Waals surface area contributed by atoms with E-state index in [-0.39, 0.29) is 0 Å². The van der Waals surface area contributed by atoms with Crippen LogP contribution in [0.4, 0.5) is 0 Å². The molecule has 0 aromatic heterocycles. The molecule has 1 aromatic carbocycles. The lowest BCUT2D eigenvalue weighted by molar-refractivity contribution is 0.246. The van der Waals surface area contributed by atoms with E-state index < -0.39 is 0 Å². The first-order valence-corrected chi connectivity index (χ1v) is 7.81. The van der Waals surface area contributed by atoms with Crippen LogP contribution in [-0.2, 0) is 6.54 Å². The molecule has 1 aliphatic carbocycles. The summed E-state index contributed by atoms with van der Waals surface area (Å²) in [6, 6.07) is 9.67. The summed E-state index contributed by atoms with van der Waals surface area (Å²) in [6.07, 6.45) is 4.20. The highest BCUT2D eigenvalue weighted by atomic mass is 79.9. The normalized spacial score (nSPS) is 22.9. The second-order valence-electron chi connectivity index (χ2n) is 5.52. The molecule has 18 heavy (non-hydrogen) atoms. The van der Waals surface area contributed by atoms with Crippen molar-refractivity contribution in [3.63, 3.8) is 0 Å². The monoisotopic (exact) mass is 308 g/mol. The molecule has 0 atom stereocenters. The number of nitrogens with zero attached hydrogens (tertiary/aromatic N) is 2. The molecule has 0 amide bonds. The smallest absolute Gasteiger partial charge is 0.0234 e. The molecule has 1 saturated carbocycles. The zero-order valence-electron chi connectivity index (χ0n) is 10.8. The summed E-state index contributed by atoms with van der Waals surface area (Å²) in [5, 5.41) is 0. The van der Waals surface area contributed by atoms with E-state index in [2.05, 4.69) is 50.0 Å². The topological polar surface area (TPSA) is 6.48 Å². The molecule has 0 N–H and O–H groups in total. The summed E-state index contributed by atoms with van der Waals surface area (Å²) in [6.45, 7) is 6.15. The van der Waals surface area contributed by atoms with Crippen molar-refractivity contribution in [2.24, 2.45) is 0 Å². The van der Waals surface area contributed by atoms with Crippen molar-refractivity contribution in [1.29, 1.82) is 0 Å². The Hall–Kier alpha value is -0.380. The summed E-state index contributed by atoms with van der Waals surface area (Å²) in [7, 11) is 0. The van der Waals surface area contributed by atoms with Gasteiger partial charge in [-0.1, -0.05) is 28.1 Å². The van der Waals surface area contributed by atoms with Gasteiger partial charge in [0.1, 0.15) is 0 Å². The van der Waals surface area contributed by atoms with Crippen LogP contribution in [0.2, 0.25) is 0 Å². The SMILES string of the molecule is Brc1ccc(CN2CCCN(C3CC3)CC2)cc1. The molecule has 0 bridgehead atoms. The standard InChI is InChI=1S/C15H21BrN2/c16-14-4-2-13(3-5-14)12-17-8-1-9-18(11-10-17)15-6-7-15/h2-5,15H,1,6-12H2. The summed E-state index contributed by atoms with van der Waals surface area (Å²) in [5.41, 5.74) is 1.43. The predicted molar refractivity (Wildman–Crippen MR) is 78.6 cm³/mol. The van der Waals surface area contributed by atoms with Crippen molar-refractivity contribution in [3.8, 4) is 0 Å². The molecule has 0 radical (unpaired) electrons. The molecular weight excluding hydrogens is 288 g/mol. The van der Waals surface area contributed by atoms with Crippen LogP contribution in [0.5, 0.6) is 0 Å². The van der Waals surface area contributed by atoms with Crippen molar-refractivity contribution < 1.29 is 0 Å². The summed E-state index contributed by atoms with van der Waals surface area (Å²) >= 11 is 3.49. The first-order valence-electron chi connectivity index (χ1n) is 7.02. The van der Waals surface area contributed by atoms with Gasteiger partial charge in [0.05, 0.1) is 0 Å². The summed E-state index contributed by atoms with van der Waals surface area (Å²) in [5.74, 6) is 0. The average Bonchev–Trinajstić information content (AvgIpc) is 3.18. The minimum Gasteiger partial charge on any atom is -0.299 e. The first kappa shape index (κ1) is 12.6. The lowest BCUT2D eigenvalue weighted by Gasteiger charge is -2.21. The van der Waals surface area contributed by atoms with E-state index in [1.807, 2.05) is 0 Å². The van der Waals surface area contributed by atoms with Crippen molar-refractivity contribution in [3.05, 3.63) is 34.3 Å². The molecule has 3 heteroatoms. The van der Waals surface area contributed by atoms with Crippen LogP contribution in [0.15, 0.2) is 28.7 Å². The largest absolute Gasteiger partial charge is 0.299 e. The van der Waals surface area contributed by atoms with Crippen LogP contribution in [0.25, 0.3) is 0 Å². The van der Waals surface area contributed by atoms with E-state index in [1.54, 1.807) is 0 Å². The van der Waals surface area contributed by atoms with Gasteiger partial charge in [-0.05, 0) is 50.0 Å². The Balaban J connectivity index is 1.54. The maximum absolute atomic E-state index is 3.49. The zero-order chi connectivity index (χ0) is 12.4. The second-order valence-corrected chi connectivity index (χ2v) is 6.44. The molecular formula is C15H21BrN2. The van der Waals surface area contributed by atoms with Crippen molar-refractivity contribution >= 4 is 15.9 Å². The van der Waals surface area contributed by atoms with Crippen molar-refractivity contribution in [2.75, 3.05) is 26.2 Å². The number of benzene rings is 1. The van der Waals surface area contributed by atoms with Gasteiger partial charge in [-0.3, -0.25) is 9.80 Å². The van der Waals surface area contributed by atoms with Gasteiger partial charge in [0.15, 0.2) is 0 Å². The van der Waals surface area contributed by atoms with E-state index >= 15 is 0 Å². The van der Waals surface area contributed by atoms with Crippen LogP contribution >= 0.6 is 15.9 Å². The second kappa shape index (κ2) is 5.72. The van der Waals surface area contributed by atoms with Crippen LogP contribution in [-0.4, -0.2) is 42.0 Å². The fourth-order valence-corrected chi connectivity index (χ4v) is 3.07. The van der Waals surface area contributed by atoms with Crippen LogP contribution < -0.4 is 0 Å². The van der Waals surface area contributed by atoms with Gasteiger partial charge in [0.2, 0.25) is 0 Å².